The summed E-state index contributed by atoms with van der Waals surface area (Å²) in [7, 11) is 0. The molecule has 0 fully saturated rings. The third-order valence-electron chi connectivity index (χ3n) is 3.74. The minimum atomic E-state index is 0.776. The van der Waals surface area contributed by atoms with E-state index >= 15 is 0 Å². The predicted molar refractivity (Wildman–Crippen MR) is 74.2 cm³/mol. The highest BCUT2D eigenvalue weighted by Crippen LogP contribution is 2.28. The Balaban J connectivity index is 1.94. The maximum absolute atomic E-state index is 6.44. The highest BCUT2D eigenvalue weighted by Gasteiger charge is 2.19. The zero-order valence-electron chi connectivity index (χ0n) is 10.6. The van der Waals surface area contributed by atoms with Gasteiger partial charge in [-0.05, 0) is 43.7 Å². The number of aromatic nitrogens is 2. The standard InChI is InChI=1S/C15H17ClN2/c1-11-6-2-3-7-12(11)10-18-15(16)13-8-4-5-9-14(13)17-18/h2-3,6-7H,4-5,8-10H2,1H3. The van der Waals surface area contributed by atoms with Crippen molar-refractivity contribution in [3.63, 3.8) is 0 Å². The second-order valence-electron chi connectivity index (χ2n) is 5.01. The first-order valence-electron chi connectivity index (χ1n) is 6.54. The lowest BCUT2D eigenvalue weighted by Gasteiger charge is -2.08. The highest BCUT2D eigenvalue weighted by molar-refractivity contribution is 6.30. The Morgan fingerprint density at radius 1 is 1.22 bits per heavy atom. The summed E-state index contributed by atoms with van der Waals surface area (Å²) in [5.41, 5.74) is 5.07. The lowest BCUT2D eigenvalue weighted by molar-refractivity contribution is 0.645. The molecule has 3 heteroatoms. The summed E-state index contributed by atoms with van der Waals surface area (Å²) in [6.07, 6.45) is 4.64. The van der Waals surface area contributed by atoms with E-state index in [1.165, 1.54) is 35.2 Å². The molecule has 0 N–H and O–H groups in total. The van der Waals surface area contributed by atoms with Crippen LogP contribution in [0, 0.1) is 6.92 Å². The van der Waals surface area contributed by atoms with Crippen molar-refractivity contribution >= 4 is 11.6 Å². The van der Waals surface area contributed by atoms with Gasteiger partial charge in [0.2, 0.25) is 0 Å². The molecule has 1 aromatic heterocycles. The van der Waals surface area contributed by atoms with E-state index in [4.69, 9.17) is 11.6 Å². The fourth-order valence-electron chi connectivity index (χ4n) is 2.62. The Labute approximate surface area is 113 Å². The van der Waals surface area contributed by atoms with Gasteiger partial charge in [0.15, 0.2) is 0 Å². The molecule has 0 atom stereocenters. The van der Waals surface area contributed by atoms with Crippen LogP contribution in [-0.2, 0) is 19.4 Å². The summed E-state index contributed by atoms with van der Waals surface area (Å²) < 4.78 is 1.96. The van der Waals surface area contributed by atoms with Gasteiger partial charge in [0.05, 0.1) is 12.2 Å². The molecule has 3 rings (SSSR count). The molecule has 1 heterocycles. The first-order chi connectivity index (χ1) is 8.75. The molecule has 1 aromatic carbocycles. The van der Waals surface area contributed by atoms with Gasteiger partial charge in [-0.25, -0.2) is 4.68 Å². The lowest BCUT2D eigenvalue weighted by atomic mass is 9.98. The number of nitrogens with zero attached hydrogens (tertiary/aromatic N) is 2. The summed E-state index contributed by atoms with van der Waals surface area (Å²) in [6, 6.07) is 8.41. The van der Waals surface area contributed by atoms with Crippen LogP contribution in [0.4, 0.5) is 0 Å². The van der Waals surface area contributed by atoms with Gasteiger partial charge in [-0.2, -0.15) is 5.10 Å². The summed E-state index contributed by atoms with van der Waals surface area (Å²) in [4.78, 5) is 0. The number of hydrogen-bond donors (Lipinski definition) is 0. The van der Waals surface area contributed by atoms with Gasteiger partial charge in [-0.1, -0.05) is 35.9 Å². The summed E-state index contributed by atoms with van der Waals surface area (Å²) in [5, 5.41) is 5.51. The molecule has 2 nitrogen and oxygen atoms in total. The molecule has 94 valence electrons. The van der Waals surface area contributed by atoms with Gasteiger partial charge < -0.3 is 0 Å². The zero-order chi connectivity index (χ0) is 12.5. The van der Waals surface area contributed by atoms with Gasteiger partial charge in [0, 0.05) is 5.56 Å². The minimum Gasteiger partial charge on any atom is -0.249 e. The molecule has 0 radical (unpaired) electrons. The molecule has 2 aromatic rings. The van der Waals surface area contributed by atoms with E-state index in [0.717, 1.165) is 24.5 Å². The Morgan fingerprint density at radius 3 is 2.78 bits per heavy atom. The van der Waals surface area contributed by atoms with Crippen LogP contribution in [0.15, 0.2) is 24.3 Å². The van der Waals surface area contributed by atoms with Gasteiger partial charge in [0.25, 0.3) is 0 Å². The molecule has 0 bridgehead atoms. The Bertz CT molecular complexity index is 572. The molecule has 0 saturated heterocycles. The van der Waals surface area contributed by atoms with Gasteiger partial charge in [0.1, 0.15) is 5.15 Å². The number of halogens is 1. The maximum Gasteiger partial charge on any atom is 0.130 e. The smallest absolute Gasteiger partial charge is 0.130 e. The SMILES string of the molecule is Cc1ccccc1Cn1nc2c(c1Cl)CCCC2. The Kier molecular flexibility index (Phi) is 3.13. The monoisotopic (exact) mass is 260 g/mol. The summed E-state index contributed by atoms with van der Waals surface area (Å²) >= 11 is 6.44. The Morgan fingerprint density at radius 2 is 2.00 bits per heavy atom. The highest BCUT2D eigenvalue weighted by atomic mass is 35.5. The normalized spacial score (nSPS) is 14.6. The molecule has 18 heavy (non-hydrogen) atoms. The fraction of sp³-hybridized carbons (Fsp3) is 0.400. The first-order valence-corrected chi connectivity index (χ1v) is 6.92. The van der Waals surface area contributed by atoms with Crippen molar-refractivity contribution in [1.29, 1.82) is 0 Å². The second-order valence-corrected chi connectivity index (χ2v) is 5.37. The first kappa shape index (κ1) is 11.8. The van der Waals surface area contributed by atoms with Crippen molar-refractivity contribution in [2.75, 3.05) is 0 Å². The molecule has 0 amide bonds. The van der Waals surface area contributed by atoms with E-state index in [1.54, 1.807) is 0 Å². The minimum absolute atomic E-state index is 0.776. The largest absolute Gasteiger partial charge is 0.249 e. The molecule has 0 saturated carbocycles. The maximum atomic E-state index is 6.44. The van der Waals surface area contributed by atoms with Crippen LogP contribution in [0.2, 0.25) is 5.15 Å². The average molecular weight is 261 g/mol. The third-order valence-corrected chi connectivity index (χ3v) is 4.16. The quantitative estimate of drug-likeness (QED) is 0.804. The Hall–Kier alpha value is -1.28. The number of benzene rings is 1. The third kappa shape index (κ3) is 2.05. The number of rotatable bonds is 2. The van der Waals surface area contributed by atoms with Crippen molar-refractivity contribution in [2.45, 2.75) is 39.2 Å². The predicted octanol–water partition coefficient (Wildman–Crippen LogP) is 3.77. The topological polar surface area (TPSA) is 17.8 Å². The van der Waals surface area contributed by atoms with Crippen LogP contribution >= 0.6 is 11.6 Å². The van der Waals surface area contributed by atoms with Crippen LogP contribution in [0.1, 0.15) is 35.2 Å². The molecular weight excluding hydrogens is 244 g/mol. The average Bonchev–Trinajstić information content (AvgIpc) is 2.70. The lowest BCUT2D eigenvalue weighted by Crippen LogP contribution is -2.04. The van der Waals surface area contributed by atoms with Crippen LogP contribution < -0.4 is 0 Å². The molecule has 0 aliphatic heterocycles. The number of fused-ring (bicyclic) bond motifs is 1. The van der Waals surface area contributed by atoms with Crippen molar-refractivity contribution < 1.29 is 0 Å². The zero-order valence-corrected chi connectivity index (χ0v) is 11.4. The molecular formula is C15H17ClN2. The molecule has 0 spiro atoms. The number of aryl methyl sites for hydroxylation is 2. The van der Waals surface area contributed by atoms with Gasteiger partial charge >= 0.3 is 0 Å². The van der Waals surface area contributed by atoms with Crippen molar-refractivity contribution in [1.82, 2.24) is 9.78 Å². The van der Waals surface area contributed by atoms with Crippen LogP contribution in [0.25, 0.3) is 0 Å². The second kappa shape index (κ2) is 4.77. The van der Waals surface area contributed by atoms with Crippen molar-refractivity contribution in [3.05, 3.63) is 51.8 Å². The van der Waals surface area contributed by atoms with Crippen LogP contribution in [-0.4, -0.2) is 9.78 Å². The van der Waals surface area contributed by atoms with E-state index < -0.39 is 0 Å². The van der Waals surface area contributed by atoms with Crippen molar-refractivity contribution in [3.8, 4) is 0 Å². The van der Waals surface area contributed by atoms with E-state index in [1.807, 2.05) is 4.68 Å². The van der Waals surface area contributed by atoms with Crippen LogP contribution in [0.5, 0.6) is 0 Å². The van der Waals surface area contributed by atoms with E-state index in [-0.39, 0.29) is 0 Å². The van der Waals surface area contributed by atoms with E-state index in [0.29, 0.717) is 0 Å². The summed E-state index contributed by atoms with van der Waals surface area (Å²) in [5.74, 6) is 0. The molecule has 0 unspecified atom stereocenters. The van der Waals surface area contributed by atoms with Gasteiger partial charge in [-0.15, -0.1) is 0 Å². The fourth-order valence-corrected chi connectivity index (χ4v) is 2.92. The van der Waals surface area contributed by atoms with E-state index in [9.17, 15) is 0 Å². The van der Waals surface area contributed by atoms with E-state index in [2.05, 4.69) is 36.3 Å². The molecule has 1 aliphatic rings. The summed E-state index contributed by atoms with van der Waals surface area (Å²) in [6.45, 7) is 2.91. The van der Waals surface area contributed by atoms with Gasteiger partial charge in [-0.3, -0.25) is 0 Å². The van der Waals surface area contributed by atoms with Crippen LogP contribution in [0.3, 0.4) is 0 Å². The molecule has 1 aliphatic carbocycles. The number of hydrogen-bond acceptors (Lipinski definition) is 1. The van der Waals surface area contributed by atoms with Crippen molar-refractivity contribution in [2.24, 2.45) is 0 Å².